The molecule has 6 heteroatoms. The Balaban J connectivity index is 2.36. The molecule has 0 saturated carbocycles. The quantitative estimate of drug-likeness (QED) is 0.407. The largest absolute Gasteiger partial charge is 0.357 e. The second kappa shape index (κ2) is 10.8. The highest BCUT2D eigenvalue weighted by atomic mass is 32.2. The van der Waals surface area contributed by atoms with Crippen LogP contribution in [0.3, 0.4) is 0 Å². The molecule has 122 valence electrons. The van der Waals surface area contributed by atoms with Crippen LogP contribution in [0.5, 0.6) is 0 Å². The fourth-order valence-electron chi connectivity index (χ4n) is 2.39. The monoisotopic (exact) mass is 314 g/mol. The molecule has 1 fully saturated rings. The Morgan fingerprint density at radius 1 is 1.38 bits per heavy atom. The van der Waals surface area contributed by atoms with Crippen LogP contribution in [-0.2, 0) is 4.79 Å². The maximum atomic E-state index is 11.7. The Bertz CT molecular complexity index is 336. The highest BCUT2D eigenvalue weighted by molar-refractivity contribution is 7.98. The van der Waals surface area contributed by atoms with Crippen molar-refractivity contribution in [1.29, 1.82) is 0 Å². The summed E-state index contributed by atoms with van der Waals surface area (Å²) in [5.74, 6) is 2.34. The molecule has 0 aromatic rings. The minimum atomic E-state index is 0.248. The number of rotatable bonds is 8. The highest BCUT2D eigenvalue weighted by Gasteiger charge is 2.25. The molecule has 0 bridgehead atoms. The van der Waals surface area contributed by atoms with Gasteiger partial charge in [0.15, 0.2) is 5.96 Å². The second-order valence-electron chi connectivity index (χ2n) is 5.28. The fourth-order valence-corrected chi connectivity index (χ4v) is 2.88. The van der Waals surface area contributed by atoms with Gasteiger partial charge in [0.1, 0.15) is 0 Å². The van der Waals surface area contributed by atoms with Gasteiger partial charge >= 0.3 is 0 Å². The molecule has 2 N–H and O–H groups in total. The number of unbranched alkanes of at least 4 members (excludes halogenated alkanes) is 1. The summed E-state index contributed by atoms with van der Waals surface area (Å²) >= 11 is 1.88. The average molecular weight is 314 g/mol. The van der Waals surface area contributed by atoms with E-state index in [1.807, 2.05) is 23.6 Å². The summed E-state index contributed by atoms with van der Waals surface area (Å²) in [6.45, 7) is 7.37. The smallest absolute Gasteiger partial charge is 0.222 e. The van der Waals surface area contributed by atoms with Gasteiger partial charge in [0.05, 0.1) is 0 Å². The van der Waals surface area contributed by atoms with E-state index in [1.54, 1.807) is 0 Å². The lowest BCUT2D eigenvalue weighted by atomic mass is 10.3. The molecule has 1 rings (SSSR count). The molecule has 0 spiro atoms. The zero-order valence-corrected chi connectivity index (χ0v) is 14.5. The van der Waals surface area contributed by atoms with Crippen LogP contribution in [-0.4, -0.2) is 61.0 Å². The number of guanidine groups is 1. The summed E-state index contributed by atoms with van der Waals surface area (Å²) in [6.07, 6.45) is 6.08. The first-order chi connectivity index (χ1) is 10.2. The molecule has 0 aromatic heterocycles. The summed E-state index contributed by atoms with van der Waals surface area (Å²) in [5, 5.41) is 6.75. The number of hydrogen-bond acceptors (Lipinski definition) is 3. The first-order valence-electron chi connectivity index (χ1n) is 8.02. The average Bonchev–Trinajstić information content (AvgIpc) is 2.95. The summed E-state index contributed by atoms with van der Waals surface area (Å²) in [7, 11) is 0. The molecule has 21 heavy (non-hydrogen) atoms. The topological polar surface area (TPSA) is 56.7 Å². The molecule has 1 aliphatic rings. The van der Waals surface area contributed by atoms with Crippen molar-refractivity contribution < 1.29 is 4.79 Å². The molecular formula is C15H30N4OS. The molecular weight excluding hydrogens is 284 g/mol. The first kappa shape index (κ1) is 18.1. The number of carbonyl (C=O) groups excluding carboxylic acids is 1. The van der Waals surface area contributed by atoms with E-state index in [9.17, 15) is 4.79 Å². The lowest BCUT2D eigenvalue weighted by Gasteiger charge is -2.18. The van der Waals surface area contributed by atoms with Gasteiger partial charge in [-0.15, -0.1) is 0 Å². The number of likely N-dealkylation sites (tertiary alicyclic amines) is 1. The number of amides is 1. The Morgan fingerprint density at radius 2 is 2.19 bits per heavy atom. The molecule has 1 atom stereocenters. The third-order valence-electron chi connectivity index (χ3n) is 3.55. The highest BCUT2D eigenvalue weighted by Crippen LogP contribution is 2.10. The van der Waals surface area contributed by atoms with E-state index >= 15 is 0 Å². The van der Waals surface area contributed by atoms with E-state index in [0.717, 1.165) is 45.0 Å². The Morgan fingerprint density at radius 3 is 2.86 bits per heavy atom. The molecule has 0 aromatic carbocycles. The number of thioether (sulfide) groups is 1. The summed E-state index contributed by atoms with van der Waals surface area (Å²) in [5.41, 5.74) is 0. The van der Waals surface area contributed by atoms with Crippen molar-refractivity contribution in [3.05, 3.63) is 0 Å². The van der Waals surface area contributed by atoms with E-state index in [4.69, 9.17) is 0 Å². The number of carbonyl (C=O) groups is 1. The van der Waals surface area contributed by atoms with Gasteiger partial charge in [-0.05, 0) is 38.2 Å². The van der Waals surface area contributed by atoms with Gasteiger partial charge in [-0.25, -0.2) is 0 Å². The van der Waals surface area contributed by atoms with Crippen LogP contribution in [0, 0.1) is 0 Å². The van der Waals surface area contributed by atoms with Crippen LogP contribution in [0.25, 0.3) is 0 Å². The molecule has 0 radical (unpaired) electrons. The zero-order chi connectivity index (χ0) is 15.5. The SMILES string of the molecule is CCNC(=NCCCCSC)NC1CCN(C(=O)CC)C1. The van der Waals surface area contributed by atoms with Crippen molar-refractivity contribution in [3.63, 3.8) is 0 Å². The molecule has 1 saturated heterocycles. The van der Waals surface area contributed by atoms with E-state index in [0.29, 0.717) is 12.5 Å². The van der Waals surface area contributed by atoms with Crippen LogP contribution in [0.15, 0.2) is 4.99 Å². The van der Waals surface area contributed by atoms with Gasteiger partial charge in [-0.1, -0.05) is 6.92 Å². The lowest BCUT2D eigenvalue weighted by molar-refractivity contribution is -0.129. The van der Waals surface area contributed by atoms with Crippen molar-refractivity contribution in [2.45, 2.75) is 45.6 Å². The van der Waals surface area contributed by atoms with E-state index in [-0.39, 0.29) is 5.91 Å². The molecule has 1 amide bonds. The van der Waals surface area contributed by atoms with Crippen LogP contribution >= 0.6 is 11.8 Å². The number of nitrogens with zero attached hydrogens (tertiary/aromatic N) is 2. The fraction of sp³-hybridized carbons (Fsp3) is 0.867. The summed E-state index contributed by atoms with van der Waals surface area (Å²) in [4.78, 5) is 18.3. The maximum absolute atomic E-state index is 11.7. The van der Waals surface area contributed by atoms with Crippen molar-refractivity contribution >= 4 is 23.6 Å². The molecule has 1 unspecified atom stereocenters. The molecule has 1 heterocycles. The minimum Gasteiger partial charge on any atom is -0.357 e. The standard InChI is InChI=1S/C15H30N4OS/c1-4-14(20)19-10-8-13(12-19)18-15(16-5-2)17-9-6-7-11-21-3/h13H,4-12H2,1-3H3,(H2,16,17,18). The lowest BCUT2D eigenvalue weighted by Crippen LogP contribution is -2.45. The normalized spacial score (nSPS) is 18.9. The third kappa shape index (κ3) is 7.07. The Kier molecular flexibility index (Phi) is 9.30. The van der Waals surface area contributed by atoms with E-state index in [1.165, 1.54) is 12.2 Å². The van der Waals surface area contributed by atoms with Gasteiger partial charge < -0.3 is 15.5 Å². The first-order valence-corrected chi connectivity index (χ1v) is 9.42. The van der Waals surface area contributed by atoms with Crippen LogP contribution < -0.4 is 10.6 Å². The Hall–Kier alpha value is -0.910. The predicted molar refractivity (Wildman–Crippen MR) is 92.0 cm³/mol. The van der Waals surface area contributed by atoms with Gasteiger partial charge in [0.25, 0.3) is 0 Å². The van der Waals surface area contributed by atoms with Gasteiger partial charge in [-0.2, -0.15) is 11.8 Å². The van der Waals surface area contributed by atoms with E-state index in [2.05, 4.69) is 28.8 Å². The molecule has 1 aliphatic heterocycles. The van der Waals surface area contributed by atoms with Crippen LogP contribution in [0.4, 0.5) is 0 Å². The number of aliphatic imine (C=N–C) groups is 1. The van der Waals surface area contributed by atoms with E-state index < -0.39 is 0 Å². The third-order valence-corrected chi connectivity index (χ3v) is 4.25. The molecule has 0 aliphatic carbocycles. The van der Waals surface area contributed by atoms with Crippen molar-refractivity contribution in [1.82, 2.24) is 15.5 Å². The Labute approximate surface area is 133 Å². The number of nitrogens with one attached hydrogen (secondary N) is 2. The van der Waals surface area contributed by atoms with Crippen LogP contribution in [0.2, 0.25) is 0 Å². The number of hydrogen-bond donors (Lipinski definition) is 2. The zero-order valence-electron chi connectivity index (χ0n) is 13.7. The summed E-state index contributed by atoms with van der Waals surface area (Å²) < 4.78 is 0. The summed E-state index contributed by atoms with van der Waals surface area (Å²) in [6, 6.07) is 0.324. The minimum absolute atomic E-state index is 0.248. The van der Waals surface area contributed by atoms with Crippen molar-refractivity contribution in [2.75, 3.05) is 38.2 Å². The van der Waals surface area contributed by atoms with Crippen LogP contribution in [0.1, 0.15) is 39.5 Å². The molecule has 5 nitrogen and oxygen atoms in total. The second-order valence-corrected chi connectivity index (χ2v) is 6.27. The predicted octanol–water partition coefficient (Wildman–Crippen LogP) is 1.70. The van der Waals surface area contributed by atoms with Gasteiger partial charge in [-0.3, -0.25) is 9.79 Å². The van der Waals surface area contributed by atoms with Gasteiger partial charge in [0.2, 0.25) is 5.91 Å². The van der Waals surface area contributed by atoms with Crippen molar-refractivity contribution in [3.8, 4) is 0 Å². The van der Waals surface area contributed by atoms with Crippen molar-refractivity contribution in [2.24, 2.45) is 4.99 Å². The van der Waals surface area contributed by atoms with Gasteiger partial charge in [0, 0.05) is 38.6 Å². The maximum Gasteiger partial charge on any atom is 0.222 e.